The predicted octanol–water partition coefficient (Wildman–Crippen LogP) is 6.49. The highest BCUT2D eigenvalue weighted by atomic mass is 14.7. The van der Waals surface area contributed by atoms with Crippen molar-refractivity contribution in [1.29, 1.82) is 5.26 Å². The Bertz CT molecular complexity index is 615. The van der Waals surface area contributed by atoms with Gasteiger partial charge in [-0.2, -0.15) is 5.26 Å². The van der Waals surface area contributed by atoms with Crippen LogP contribution in [0.15, 0.2) is 36.5 Å². The van der Waals surface area contributed by atoms with Crippen LogP contribution in [-0.2, 0) is 0 Å². The molecule has 1 aromatic heterocycles. The number of pyridine rings is 1. The molecule has 2 N–H and O–H groups in total. The van der Waals surface area contributed by atoms with Crippen molar-refractivity contribution in [3.8, 4) is 6.07 Å². The summed E-state index contributed by atoms with van der Waals surface area (Å²) >= 11 is 0. The van der Waals surface area contributed by atoms with Crippen molar-refractivity contribution in [2.75, 3.05) is 5.73 Å². The molecule has 0 amide bonds. The first-order chi connectivity index (χ1) is 12.3. The minimum absolute atomic E-state index is 0.364. The van der Waals surface area contributed by atoms with Crippen LogP contribution in [-0.4, -0.2) is 4.98 Å². The van der Waals surface area contributed by atoms with Gasteiger partial charge in [0.2, 0.25) is 0 Å². The number of nitrogens with zero attached hydrogens (tertiary/aromatic N) is 2. The second-order valence-electron chi connectivity index (χ2n) is 6.30. The third-order valence-corrected chi connectivity index (χ3v) is 4.45. The van der Waals surface area contributed by atoms with Gasteiger partial charge < -0.3 is 5.73 Å². The van der Waals surface area contributed by atoms with E-state index in [0.717, 1.165) is 29.4 Å². The van der Waals surface area contributed by atoms with E-state index in [1.54, 1.807) is 6.20 Å². The fourth-order valence-corrected chi connectivity index (χ4v) is 3.07. The second-order valence-corrected chi connectivity index (χ2v) is 6.30. The van der Waals surface area contributed by atoms with Gasteiger partial charge in [-0.25, -0.2) is 0 Å². The van der Waals surface area contributed by atoms with E-state index < -0.39 is 0 Å². The number of nitriles is 1. The third-order valence-electron chi connectivity index (χ3n) is 4.45. The van der Waals surface area contributed by atoms with Crippen molar-refractivity contribution in [2.45, 2.75) is 71.6 Å². The van der Waals surface area contributed by atoms with E-state index in [1.165, 1.54) is 44.9 Å². The van der Waals surface area contributed by atoms with Crippen molar-refractivity contribution < 1.29 is 0 Å². The van der Waals surface area contributed by atoms with E-state index >= 15 is 0 Å². The van der Waals surface area contributed by atoms with Gasteiger partial charge in [0.15, 0.2) is 0 Å². The summed E-state index contributed by atoms with van der Waals surface area (Å²) < 4.78 is 0. The molecule has 1 fully saturated rings. The Morgan fingerprint density at radius 3 is 2.04 bits per heavy atom. The highest BCUT2D eigenvalue weighted by Crippen LogP contribution is 2.20. The van der Waals surface area contributed by atoms with Crippen molar-refractivity contribution in [2.24, 2.45) is 5.92 Å². The van der Waals surface area contributed by atoms with Crippen LogP contribution < -0.4 is 5.73 Å². The Labute approximate surface area is 153 Å². The van der Waals surface area contributed by atoms with Crippen molar-refractivity contribution >= 4 is 16.6 Å². The predicted molar refractivity (Wildman–Crippen MR) is 108 cm³/mol. The molecule has 1 heterocycles. The maximum absolute atomic E-state index is 8.82. The number of aromatic nitrogens is 1. The molecule has 0 atom stereocenters. The van der Waals surface area contributed by atoms with E-state index in [4.69, 9.17) is 11.0 Å². The molecule has 1 aromatic carbocycles. The molecule has 3 nitrogen and oxygen atoms in total. The Kier molecular flexibility index (Phi) is 11.1. The highest BCUT2D eigenvalue weighted by molar-refractivity contribution is 5.88. The SMILES string of the molecule is CC.N#CC1CCCCCCCCC1.Nc1cccc2cccnc12. The summed E-state index contributed by atoms with van der Waals surface area (Å²) in [4.78, 5) is 4.16. The number of para-hydroxylation sites is 1. The molecule has 25 heavy (non-hydrogen) atoms. The van der Waals surface area contributed by atoms with Gasteiger partial charge in [0.1, 0.15) is 0 Å². The van der Waals surface area contributed by atoms with E-state index in [2.05, 4.69) is 11.1 Å². The number of rotatable bonds is 0. The molecule has 0 unspecified atom stereocenters. The highest BCUT2D eigenvalue weighted by Gasteiger charge is 2.07. The van der Waals surface area contributed by atoms with Crippen LogP contribution in [0.5, 0.6) is 0 Å². The van der Waals surface area contributed by atoms with E-state index in [0.29, 0.717) is 5.92 Å². The lowest BCUT2D eigenvalue weighted by atomic mass is 9.93. The van der Waals surface area contributed by atoms with Crippen molar-refractivity contribution in [3.63, 3.8) is 0 Å². The minimum atomic E-state index is 0.364. The van der Waals surface area contributed by atoms with Crippen LogP contribution in [0.4, 0.5) is 5.69 Å². The fourth-order valence-electron chi connectivity index (χ4n) is 3.07. The van der Waals surface area contributed by atoms with Crippen LogP contribution >= 0.6 is 0 Å². The van der Waals surface area contributed by atoms with Crippen molar-refractivity contribution in [3.05, 3.63) is 36.5 Å². The Balaban J connectivity index is 0.000000228. The zero-order chi connectivity index (χ0) is 18.3. The average molecular weight is 340 g/mol. The van der Waals surface area contributed by atoms with E-state index in [1.807, 2.05) is 44.2 Å². The molecule has 0 bridgehead atoms. The molecule has 1 aliphatic carbocycles. The zero-order valence-electron chi connectivity index (χ0n) is 15.9. The van der Waals surface area contributed by atoms with Crippen LogP contribution in [0, 0.1) is 17.2 Å². The zero-order valence-corrected chi connectivity index (χ0v) is 15.9. The summed E-state index contributed by atoms with van der Waals surface area (Å²) in [7, 11) is 0. The topological polar surface area (TPSA) is 62.7 Å². The number of benzene rings is 1. The lowest BCUT2D eigenvalue weighted by Crippen LogP contribution is -1.98. The largest absolute Gasteiger partial charge is 0.397 e. The quantitative estimate of drug-likeness (QED) is 0.558. The van der Waals surface area contributed by atoms with Gasteiger partial charge in [-0.15, -0.1) is 0 Å². The number of hydrogen-bond acceptors (Lipinski definition) is 3. The van der Waals surface area contributed by atoms with E-state index in [9.17, 15) is 0 Å². The second kappa shape index (κ2) is 13.2. The standard InChI is InChI=1S/C11H19N.C9H8N2.C2H6/c12-10-11-8-6-4-2-1-3-5-7-9-11;10-8-5-1-3-7-4-2-6-11-9(7)8;1-2/h11H,1-9H2;1-6H,10H2;1-2H3. The van der Waals surface area contributed by atoms with Crippen LogP contribution in [0.1, 0.15) is 71.6 Å². The van der Waals surface area contributed by atoms with Crippen molar-refractivity contribution in [1.82, 2.24) is 4.98 Å². The molecule has 3 rings (SSSR count). The molecule has 2 aromatic rings. The number of anilines is 1. The molecule has 1 saturated carbocycles. The van der Waals surface area contributed by atoms with E-state index in [-0.39, 0.29) is 0 Å². The van der Waals surface area contributed by atoms with Gasteiger partial charge in [0.25, 0.3) is 0 Å². The fraction of sp³-hybridized carbons (Fsp3) is 0.545. The maximum Gasteiger partial charge on any atom is 0.0931 e. The Hall–Kier alpha value is -2.08. The summed E-state index contributed by atoms with van der Waals surface area (Å²) in [5.74, 6) is 0.364. The molecular weight excluding hydrogens is 306 g/mol. The van der Waals surface area contributed by atoms with Gasteiger partial charge in [-0.1, -0.05) is 77.0 Å². The monoisotopic (exact) mass is 339 g/mol. The molecule has 0 saturated heterocycles. The number of hydrogen-bond donors (Lipinski definition) is 1. The number of nitrogens with two attached hydrogens (primary N) is 1. The summed E-state index contributed by atoms with van der Waals surface area (Å²) in [6.07, 6.45) is 13.5. The maximum atomic E-state index is 8.82. The lowest BCUT2D eigenvalue weighted by Gasteiger charge is -2.10. The summed E-state index contributed by atoms with van der Waals surface area (Å²) in [5.41, 5.74) is 7.32. The minimum Gasteiger partial charge on any atom is -0.397 e. The van der Waals surface area contributed by atoms with Gasteiger partial charge in [0.05, 0.1) is 17.3 Å². The van der Waals surface area contributed by atoms with Crippen LogP contribution in [0.25, 0.3) is 10.9 Å². The first kappa shape index (κ1) is 21.0. The lowest BCUT2D eigenvalue weighted by molar-refractivity contribution is 0.450. The van der Waals surface area contributed by atoms with Gasteiger partial charge >= 0.3 is 0 Å². The molecular formula is C22H33N3. The summed E-state index contributed by atoms with van der Waals surface area (Å²) in [6, 6.07) is 12.1. The smallest absolute Gasteiger partial charge is 0.0931 e. The molecule has 0 spiro atoms. The van der Waals surface area contributed by atoms with Gasteiger partial charge in [-0.05, 0) is 25.0 Å². The summed E-state index contributed by atoms with van der Waals surface area (Å²) in [6.45, 7) is 4.00. The van der Waals surface area contributed by atoms with Crippen LogP contribution in [0.3, 0.4) is 0 Å². The number of fused-ring (bicyclic) bond motifs is 1. The molecule has 0 aliphatic heterocycles. The normalized spacial score (nSPS) is 15.7. The molecule has 3 heteroatoms. The molecule has 1 aliphatic rings. The first-order valence-corrected chi connectivity index (χ1v) is 9.80. The van der Waals surface area contributed by atoms with Crippen LogP contribution in [0.2, 0.25) is 0 Å². The first-order valence-electron chi connectivity index (χ1n) is 9.80. The number of nitrogen functional groups attached to an aromatic ring is 1. The van der Waals surface area contributed by atoms with Gasteiger partial charge in [0, 0.05) is 17.5 Å². The molecule has 0 radical (unpaired) electrons. The average Bonchev–Trinajstić information content (AvgIpc) is 2.68. The Morgan fingerprint density at radius 2 is 1.48 bits per heavy atom. The molecule has 136 valence electrons. The summed E-state index contributed by atoms with van der Waals surface area (Å²) in [5, 5.41) is 9.91. The Morgan fingerprint density at radius 1 is 0.920 bits per heavy atom. The third kappa shape index (κ3) is 8.03. The van der Waals surface area contributed by atoms with Gasteiger partial charge in [-0.3, -0.25) is 4.98 Å².